The molecular formula is C19H27N3O2. The lowest BCUT2D eigenvalue weighted by Crippen LogP contribution is -2.54. The standard InChI is InChI=1S/C19H27N3O2/c1-15-7-5-6-10-17(15)18(23)21-11-13-22(14-12-21)19(24)20-16-8-3-2-4-9-16/h5-7,10,16H,2-4,8-9,11-14H2,1H3,(H,20,24). The molecule has 1 aromatic rings. The van der Waals surface area contributed by atoms with Crippen molar-refractivity contribution in [1.29, 1.82) is 0 Å². The van der Waals surface area contributed by atoms with Gasteiger partial charge in [-0.15, -0.1) is 0 Å². The second-order valence-corrected chi connectivity index (χ2v) is 6.88. The fourth-order valence-corrected chi connectivity index (χ4v) is 3.61. The van der Waals surface area contributed by atoms with Crippen molar-refractivity contribution in [3.8, 4) is 0 Å². The second kappa shape index (κ2) is 7.69. The zero-order valence-electron chi connectivity index (χ0n) is 14.5. The number of carbonyl (C=O) groups is 2. The Balaban J connectivity index is 1.51. The maximum absolute atomic E-state index is 12.6. The normalized spacial score (nSPS) is 19.2. The molecule has 1 heterocycles. The van der Waals surface area contributed by atoms with E-state index in [9.17, 15) is 9.59 Å². The Kier molecular flexibility index (Phi) is 5.38. The van der Waals surface area contributed by atoms with Gasteiger partial charge in [-0.3, -0.25) is 4.79 Å². The fraction of sp³-hybridized carbons (Fsp3) is 0.579. The van der Waals surface area contributed by atoms with E-state index in [1.165, 1.54) is 19.3 Å². The Labute approximate surface area is 144 Å². The van der Waals surface area contributed by atoms with Crippen LogP contribution in [0.25, 0.3) is 0 Å². The van der Waals surface area contributed by atoms with E-state index >= 15 is 0 Å². The smallest absolute Gasteiger partial charge is 0.317 e. The number of carbonyl (C=O) groups excluding carboxylic acids is 2. The van der Waals surface area contributed by atoms with Gasteiger partial charge in [0.15, 0.2) is 0 Å². The van der Waals surface area contributed by atoms with E-state index in [1.54, 1.807) is 0 Å². The maximum Gasteiger partial charge on any atom is 0.317 e. The first-order valence-corrected chi connectivity index (χ1v) is 9.05. The van der Waals surface area contributed by atoms with Gasteiger partial charge in [0.25, 0.3) is 5.91 Å². The van der Waals surface area contributed by atoms with Gasteiger partial charge in [-0.1, -0.05) is 37.5 Å². The summed E-state index contributed by atoms with van der Waals surface area (Å²) in [5, 5.41) is 3.16. The van der Waals surface area contributed by atoms with Crippen molar-refractivity contribution in [2.75, 3.05) is 26.2 Å². The topological polar surface area (TPSA) is 52.7 Å². The molecule has 1 aromatic carbocycles. The minimum atomic E-state index is 0.0323. The highest BCUT2D eigenvalue weighted by Crippen LogP contribution is 2.18. The fourth-order valence-electron chi connectivity index (χ4n) is 3.61. The van der Waals surface area contributed by atoms with Gasteiger partial charge in [0, 0.05) is 37.8 Å². The Morgan fingerprint density at radius 2 is 1.58 bits per heavy atom. The summed E-state index contributed by atoms with van der Waals surface area (Å²) in [6.45, 7) is 4.38. The van der Waals surface area contributed by atoms with Crippen molar-refractivity contribution >= 4 is 11.9 Å². The summed E-state index contributed by atoms with van der Waals surface area (Å²) in [5.41, 5.74) is 1.76. The molecule has 5 heteroatoms. The molecule has 130 valence electrons. The molecule has 2 fully saturated rings. The highest BCUT2D eigenvalue weighted by molar-refractivity contribution is 5.95. The van der Waals surface area contributed by atoms with Crippen molar-refractivity contribution in [3.05, 3.63) is 35.4 Å². The third-order valence-electron chi connectivity index (χ3n) is 5.16. The molecule has 0 aromatic heterocycles. The third kappa shape index (κ3) is 3.89. The summed E-state index contributed by atoms with van der Waals surface area (Å²) in [5.74, 6) is 0.0699. The van der Waals surface area contributed by atoms with Crippen LogP contribution in [0.3, 0.4) is 0 Å². The Hall–Kier alpha value is -2.04. The number of rotatable bonds is 2. The lowest BCUT2D eigenvalue weighted by atomic mass is 9.96. The van der Waals surface area contributed by atoms with Crippen LogP contribution in [0.1, 0.15) is 48.0 Å². The van der Waals surface area contributed by atoms with E-state index < -0.39 is 0 Å². The zero-order valence-corrected chi connectivity index (χ0v) is 14.5. The summed E-state index contributed by atoms with van der Waals surface area (Å²) in [4.78, 5) is 28.7. The van der Waals surface area contributed by atoms with E-state index in [-0.39, 0.29) is 11.9 Å². The Morgan fingerprint density at radius 3 is 2.25 bits per heavy atom. The number of nitrogens with zero attached hydrogens (tertiary/aromatic N) is 2. The molecule has 0 atom stereocenters. The van der Waals surface area contributed by atoms with Crippen LogP contribution in [0.2, 0.25) is 0 Å². The SMILES string of the molecule is Cc1ccccc1C(=O)N1CCN(C(=O)NC2CCCCC2)CC1. The lowest BCUT2D eigenvalue weighted by Gasteiger charge is -2.36. The molecule has 5 nitrogen and oxygen atoms in total. The third-order valence-corrected chi connectivity index (χ3v) is 5.16. The van der Waals surface area contributed by atoms with Crippen LogP contribution in [-0.4, -0.2) is 54.0 Å². The summed E-state index contributed by atoms with van der Waals surface area (Å²) in [7, 11) is 0. The van der Waals surface area contributed by atoms with Gasteiger partial charge in [-0.2, -0.15) is 0 Å². The maximum atomic E-state index is 12.6. The van der Waals surface area contributed by atoms with Crippen LogP contribution in [-0.2, 0) is 0 Å². The predicted molar refractivity (Wildman–Crippen MR) is 94.1 cm³/mol. The molecule has 0 unspecified atom stereocenters. The van der Waals surface area contributed by atoms with Crippen LogP contribution < -0.4 is 5.32 Å². The molecule has 2 aliphatic rings. The molecule has 1 N–H and O–H groups in total. The first-order chi connectivity index (χ1) is 11.6. The van der Waals surface area contributed by atoms with E-state index in [0.29, 0.717) is 32.2 Å². The quantitative estimate of drug-likeness (QED) is 0.907. The number of piperazine rings is 1. The predicted octanol–water partition coefficient (Wildman–Crippen LogP) is 2.80. The summed E-state index contributed by atoms with van der Waals surface area (Å²) in [6, 6.07) is 8.04. The van der Waals surface area contributed by atoms with Gasteiger partial charge in [-0.05, 0) is 31.4 Å². The monoisotopic (exact) mass is 329 g/mol. The lowest BCUT2D eigenvalue weighted by molar-refractivity contribution is 0.0662. The number of aryl methyl sites for hydroxylation is 1. The number of urea groups is 1. The molecule has 1 saturated heterocycles. The number of hydrogen-bond donors (Lipinski definition) is 1. The molecule has 1 saturated carbocycles. The minimum absolute atomic E-state index is 0.0323. The Morgan fingerprint density at radius 1 is 0.958 bits per heavy atom. The first-order valence-electron chi connectivity index (χ1n) is 9.05. The molecule has 3 rings (SSSR count). The van der Waals surface area contributed by atoms with Crippen LogP contribution in [0.4, 0.5) is 4.79 Å². The molecule has 3 amide bonds. The molecule has 0 spiro atoms. The van der Waals surface area contributed by atoms with Crippen LogP contribution >= 0.6 is 0 Å². The van der Waals surface area contributed by atoms with Gasteiger partial charge in [0.2, 0.25) is 0 Å². The molecule has 0 radical (unpaired) electrons. The summed E-state index contributed by atoms with van der Waals surface area (Å²) >= 11 is 0. The average Bonchev–Trinajstić information content (AvgIpc) is 2.62. The van der Waals surface area contributed by atoms with Gasteiger partial charge < -0.3 is 15.1 Å². The number of benzene rings is 1. The van der Waals surface area contributed by atoms with Crippen molar-refractivity contribution in [1.82, 2.24) is 15.1 Å². The zero-order chi connectivity index (χ0) is 16.9. The molecular weight excluding hydrogens is 302 g/mol. The van der Waals surface area contributed by atoms with Crippen LogP contribution in [0, 0.1) is 6.92 Å². The van der Waals surface area contributed by atoms with Crippen molar-refractivity contribution in [2.24, 2.45) is 0 Å². The van der Waals surface area contributed by atoms with E-state index in [2.05, 4.69) is 5.32 Å². The molecule has 1 aliphatic heterocycles. The molecule has 24 heavy (non-hydrogen) atoms. The first kappa shape index (κ1) is 16.8. The minimum Gasteiger partial charge on any atom is -0.335 e. The van der Waals surface area contributed by atoms with Gasteiger partial charge in [-0.25, -0.2) is 4.79 Å². The van der Waals surface area contributed by atoms with E-state index in [1.807, 2.05) is 41.0 Å². The number of nitrogens with one attached hydrogen (secondary N) is 1. The van der Waals surface area contributed by atoms with Crippen molar-refractivity contribution in [2.45, 2.75) is 45.1 Å². The average molecular weight is 329 g/mol. The molecule has 1 aliphatic carbocycles. The van der Waals surface area contributed by atoms with Crippen LogP contribution in [0.5, 0.6) is 0 Å². The second-order valence-electron chi connectivity index (χ2n) is 6.88. The highest BCUT2D eigenvalue weighted by atomic mass is 16.2. The van der Waals surface area contributed by atoms with Gasteiger partial charge in [0.05, 0.1) is 0 Å². The van der Waals surface area contributed by atoms with Crippen LogP contribution in [0.15, 0.2) is 24.3 Å². The van der Waals surface area contributed by atoms with E-state index in [4.69, 9.17) is 0 Å². The summed E-state index contributed by atoms with van der Waals surface area (Å²) in [6.07, 6.45) is 5.90. The summed E-state index contributed by atoms with van der Waals surface area (Å²) < 4.78 is 0. The Bertz CT molecular complexity index is 588. The van der Waals surface area contributed by atoms with Gasteiger partial charge >= 0.3 is 6.03 Å². The number of amides is 3. The largest absolute Gasteiger partial charge is 0.335 e. The number of hydrogen-bond acceptors (Lipinski definition) is 2. The molecule has 0 bridgehead atoms. The van der Waals surface area contributed by atoms with Gasteiger partial charge in [0.1, 0.15) is 0 Å². The highest BCUT2D eigenvalue weighted by Gasteiger charge is 2.26. The van der Waals surface area contributed by atoms with Crippen molar-refractivity contribution in [3.63, 3.8) is 0 Å². The van der Waals surface area contributed by atoms with E-state index in [0.717, 1.165) is 24.0 Å². The van der Waals surface area contributed by atoms with Crippen molar-refractivity contribution < 1.29 is 9.59 Å².